The van der Waals surface area contributed by atoms with E-state index in [0.29, 0.717) is 6.10 Å². The van der Waals surface area contributed by atoms with Gasteiger partial charge in [0.05, 0.1) is 25.9 Å². The molecule has 0 bridgehead atoms. The van der Waals surface area contributed by atoms with Crippen LogP contribution >= 0.6 is 0 Å². The van der Waals surface area contributed by atoms with Crippen LogP contribution in [0.3, 0.4) is 0 Å². The number of rotatable bonds is 4. The van der Waals surface area contributed by atoms with Gasteiger partial charge in [0, 0.05) is 0 Å². The van der Waals surface area contributed by atoms with E-state index >= 15 is 0 Å². The lowest BCUT2D eigenvalue weighted by Crippen LogP contribution is -2.34. The lowest BCUT2D eigenvalue weighted by Gasteiger charge is -2.08. The molecule has 0 aromatic rings. The van der Waals surface area contributed by atoms with Crippen LogP contribution in [0.25, 0.3) is 0 Å². The van der Waals surface area contributed by atoms with Gasteiger partial charge in [0.15, 0.2) is 12.2 Å². The Morgan fingerprint density at radius 2 is 1.53 bits per heavy atom. The number of hydrogen-bond donors (Lipinski definition) is 4. The summed E-state index contributed by atoms with van der Waals surface area (Å²) in [4.78, 5) is 21.1. The van der Waals surface area contributed by atoms with Gasteiger partial charge in [-0.2, -0.15) is 0 Å². The van der Waals surface area contributed by atoms with E-state index in [1.54, 1.807) is 0 Å². The smallest absolute Gasteiger partial charge is 0.345 e. The summed E-state index contributed by atoms with van der Waals surface area (Å²) >= 11 is 0. The summed E-state index contributed by atoms with van der Waals surface area (Å²) in [6.45, 7) is 1.27. The van der Waals surface area contributed by atoms with Gasteiger partial charge in [-0.15, -0.1) is 0 Å². The maximum atomic E-state index is 10.6. The molecule has 100 valence electrons. The van der Waals surface area contributed by atoms with Crippen LogP contribution in [-0.2, 0) is 19.1 Å². The third kappa shape index (κ3) is 7.77. The summed E-state index contributed by atoms with van der Waals surface area (Å²) in [7, 11) is 0. The summed E-state index contributed by atoms with van der Waals surface area (Å²) in [6, 6.07) is 0. The van der Waals surface area contributed by atoms with E-state index in [-0.39, 0.29) is 0 Å². The van der Waals surface area contributed by atoms with E-state index in [1.807, 2.05) is 0 Å². The van der Waals surface area contributed by atoms with Gasteiger partial charge in [-0.25, -0.2) is 9.59 Å². The zero-order valence-electron chi connectivity index (χ0n) is 9.28. The van der Waals surface area contributed by atoms with Crippen molar-refractivity contribution in [2.24, 2.45) is 0 Å². The van der Waals surface area contributed by atoms with Crippen LogP contribution in [0.5, 0.6) is 0 Å². The summed E-state index contributed by atoms with van der Waals surface area (Å²) in [5, 5.41) is 33.7. The van der Waals surface area contributed by atoms with Crippen molar-refractivity contribution in [2.45, 2.75) is 25.2 Å². The summed E-state index contributed by atoms with van der Waals surface area (Å²) in [6.07, 6.45) is -3.07. The number of aliphatic hydroxyl groups is 4. The first kappa shape index (κ1) is 15.9. The molecule has 0 spiro atoms. The molecule has 1 heterocycles. The van der Waals surface area contributed by atoms with Crippen LogP contribution in [0.1, 0.15) is 6.92 Å². The van der Waals surface area contributed by atoms with Crippen LogP contribution in [0, 0.1) is 0 Å². The Kier molecular flexibility index (Phi) is 7.59. The van der Waals surface area contributed by atoms with Crippen LogP contribution in [0.15, 0.2) is 0 Å². The van der Waals surface area contributed by atoms with Gasteiger partial charge in [0.1, 0.15) is 0 Å². The Bertz CT molecular complexity index is 229. The SMILES string of the molecule is CC1CO1.O=C(OC(=O)C(O)CO)C(O)CO. The maximum Gasteiger partial charge on any atom is 0.345 e. The van der Waals surface area contributed by atoms with E-state index in [4.69, 9.17) is 25.2 Å². The predicted octanol–water partition coefficient (Wildman–Crippen LogP) is -2.83. The van der Waals surface area contributed by atoms with Crippen LogP contribution in [-0.4, -0.2) is 70.5 Å². The number of carbonyl (C=O) groups excluding carboxylic acids is 2. The fourth-order valence-electron chi connectivity index (χ4n) is 0.480. The average Bonchev–Trinajstić information content (AvgIpc) is 3.09. The van der Waals surface area contributed by atoms with Gasteiger partial charge in [-0.1, -0.05) is 0 Å². The van der Waals surface area contributed by atoms with Gasteiger partial charge >= 0.3 is 11.9 Å². The molecule has 0 saturated carbocycles. The molecule has 8 heteroatoms. The van der Waals surface area contributed by atoms with E-state index in [1.165, 1.54) is 0 Å². The molecule has 17 heavy (non-hydrogen) atoms. The van der Waals surface area contributed by atoms with E-state index in [2.05, 4.69) is 11.7 Å². The first-order valence-electron chi connectivity index (χ1n) is 4.87. The number of epoxide rings is 1. The van der Waals surface area contributed by atoms with Crippen molar-refractivity contribution >= 4 is 11.9 Å². The first-order chi connectivity index (χ1) is 7.92. The molecule has 0 aromatic carbocycles. The number of esters is 2. The highest BCUT2D eigenvalue weighted by Gasteiger charge is 2.23. The molecule has 3 unspecified atom stereocenters. The van der Waals surface area contributed by atoms with Crippen LogP contribution in [0.2, 0.25) is 0 Å². The molecule has 8 nitrogen and oxygen atoms in total. The van der Waals surface area contributed by atoms with Crippen molar-refractivity contribution < 1.29 is 39.5 Å². The third-order valence-electron chi connectivity index (χ3n) is 1.59. The Balaban J connectivity index is 0.000000529. The molecular formula is C9H16O8. The topological polar surface area (TPSA) is 137 Å². The van der Waals surface area contributed by atoms with Gasteiger partial charge in [0.2, 0.25) is 0 Å². The minimum Gasteiger partial charge on any atom is -0.393 e. The second-order valence-corrected chi connectivity index (χ2v) is 3.28. The Hall–Kier alpha value is -1.06. The predicted molar refractivity (Wildman–Crippen MR) is 52.7 cm³/mol. The zero-order chi connectivity index (χ0) is 13.4. The van der Waals surface area contributed by atoms with Crippen molar-refractivity contribution in [2.75, 3.05) is 19.8 Å². The molecule has 1 fully saturated rings. The second kappa shape index (κ2) is 8.09. The molecule has 3 atom stereocenters. The maximum absolute atomic E-state index is 10.6. The third-order valence-corrected chi connectivity index (χ3v) is 1.59. The van der Waals surface area contributed by atoms with Gasteiger partial charge in [-0.05, 0) is 6.92 Å². The molecule has 0 aromatic heterocycles. The molecule has 1 rings (SSSR count). The minimum absolute atomic E-state index is 0.583. The number of ether oxygens (including phenoxy) is 2. The van der Waals surface area contributed by atoms with Gasteiger partial charge < -0.3 is 29.9 Å². The number of hydrogen-bond acceptors (Lipinski definition) is 8. The molecule has 4 N–H and O–H groups in total. The highest BCUT2D eigenvalue weighted by atomic mass is 16.6. The second-order valence-electron chi connectivity index (χ2n) is 3.28. The van der Waals surface area contributed by atoms with Gasteiger partial charge in [-0.3, -0.25) is 0 Å². The monoisotopic (exact) mass is 252 g/mol. The average molecular weight is 252 g/mol. The van der Waals surface area contributed by atoms with E-state index in [0.717, 1.165) is 6.61 Å². The molecule has 1 aliphatic rings. The standard InChI is InChI=1S/C6H10O7.C3H6O/c7-1-3(9)5(11)13-6(12)4(10)2-8;1-3-2-4-3/h3-4,7-10H,1-2H2;3H,2H2,1H3. The van der Waals surface area contributed by atoms with E-state index < -0.39 is 37.4 Å². The van der Waals surface area contributed by atoms with Crippen molar-refractivity contribution in [3.63, 3.8) is 0 Å². The molecular weight excluding hydrogens is 236 g/mol. The zero-order valence-corrected chi connectivity index (χ0v) is 9.28. The molecule has 0 radical (unpaired) electrons. The largest absolute Gasteiger partial charge is 0.393 e. The molecule has 0 aliphatic carbocycles. The Morgan fingerprint density at radius 3 is 1.71 bits per heavy atom. The van der Waals surface area contributed by atoms with Crippen LogP contribution in [0.4, 0.5) is 0 Å². The fourth-order valence-corrected chi connectivity index (χ4v) is 0.480. The fraction of sp³-hybridized carbons (Fsp3) is 0.778. The summed E-state index contributed by atoms with van der Waals surface area (Å²) in [5.74, 6) is -2.75. The highest BCUT2D eigenvalue weighted by Crippen LogP contribution is 2.04. The first-order valence-corrected chi connectivity index (χ1v) is 4.87. The van der Waals surface area contributed by atoms with Crippen molar-refractivity contribution in [3.05, 3.63) is 0 Å². The number of aliphatic hydroxyl groups excluding tert-OH is 4. The lowest BCUT2D eigenvalue weighted by molar-refractivity contribution is -0.173. The Morgan fingerprint density at radius 1 is 1.24 bits per heavy atom. The summed E-state index contributed by atoms with van der Waals surface area (Å²) < 4.78 is 8.57. The normalized spacial score (nSPS) is 20.6. The lowest BCUT2D eigenvalue weighted by atomic mass is 10.3. The molecule has 0 amide bonds. The Labute approximate surface area is 97.4 Å². The molecule has 1 saturated heterocycles. The van der Waals surface area contributed by atoms with Gasteiger partial charge in [0.25, 0.3) is 0 Å². The van der Waals surface area contributed by atoms with E-state index in [9.17, 15) is 9.59 Å². The molecule has 1 aliphatic heterocycles. The highest BCUT2D eigenvalue weighted by molar-refractivity contribution is 5.89. The quantitative estimate of drug-likeness (QED) is 0.239. The van der Waals surface area contributed by atoms with Crippen molar-refractivity contribution in [1.82, 2.24) is 0 Å². The van der Waals surface area contributed by atoms with Crippen molar-refractivity contribution in [1.29, 1.82) is 0 Å². The minimum atomic E-state index is -1.82. The van der Waals surface area contributed by atoms with Crippen molar-refractivity contribution in [3.8, 4) is 0 Å². The summed E-state index contributed by atoms with van der Waals surface area (Å²) in [5.41, 5.74) is 0. The van der Waals surface area contributed by atoms with Crippen LogP contribution < -0.4 is 0 Å². The number of carbonyl (C=O) groups is 2.